The molecule has 0 amide bonds. The Morgan fingerprint density at radius 2 is 2.23 bits per heavy atom. The van der Waals surface area contributed by atoms with Crippen LogP contribution in [0.1, 0.15) is 13.2 Å². The van der Waals surface area contributed by atoms with E-state index >= 15 is 0 Å². The number of aliphatic hydroxyl groups is 3. The predicted octanol–water partition coefficient (Wildman–Crippen LogP) is -0.609. The first kappa shape index (κ1) is 15.5. The fourth-order valence-corrected chi connectivity index (χ4v) is 3.06. The number of fused-ring (bicyclic) bond motifs is 1. The van der Waals surface area contributed by atoms with Gasteiger partial charge in [0.15, 0.2) is 17.7 Å². The molecule has 0 aromatic carbocycles. The molecule has 5 N–H and O–H groups in total. The monoisotopic (exact) mass is 375 g/mol. The van der Waals surface area contributed by atoms with Crippen molar-refractivity contribution in [3.63, 3.8) is 0 Å². The van der Waals surface area contributed by atoms with Gasteiger partial charge in [-0.2, -0.15) is 5.10 Å². The molecule has 2 aromatic rings. The smallest absolute Gasteiger partial charge is 0.183 e. The largest absolute Gasteiger partial charge is 0.394 e. The number of aromatic nitrogens is 4. The molecular weight excluding hydrogens is 362 g/mol. The van der Waals surface area contributed by atoms with Gasteiger partial charge < -0.3 is 20.1 Å². The standard InChI is InChI=1S/C11H14BrN5O5/c1-11(20)6(19)4(2-18)22-10(11)17-9-5(7(12)15-17)8(16-21)13-3-14-9/h3-4,6,10,18-21H,2H2,1H3,(H,13,14,16)/t4-,6-,10-,11-/m1/s1. The number of nitrogens with one attached hydrogen (secondary N) is 1. The second-order valence-electron chi connectivity index (χ2n) is 5.15. The van der Waals surface area contributed by atoms with E-state index in [1.807, 2.05) is 5.48 Å². The van der Waals surface area contributed by atoms with Gasteiger partial charge in [0.05, 0.1) is 12.0 Å². The van der Waals surface area contributed by atoms with Crippen LogP contribution in [0.25, 0.3) is 11.0 Å². The Morgan fingerprint density at radius 1 is 1.50 bits per heavy atom. The molecule has 3 heterocycles. The summed E-state index contributed by atoms with van der Waals surface area (Å²) in [6, 6.07) is 0. The summed E-state index contributed by atoms with van der Waals surface area (Å²) in [5.74, 6) is 0.125. The summed E-state index contributed by atoms with van der Waals surface area (Å²) in [4.78, 5) is 7.93. The van der Waals surface area contributed by atoms with E-state index < -0.39 is 30.6 Å². The fourth-order valence-electron chi connectivity index (χ4n) is 2.53. The van der Waals surface area contributed by atoms with Gasteiger partial charge in [-0.3, -0.25) is 10.7 Å². The van der Waals surface area contributed by atoms with E-state index in [1.165, 1.54) is 17.9 Å². The molecule has 0 spiro atoms. The van der Waals surface area contributed by atoms with Crippen LogP contribution in [0.15, 0.2) is 10.9 Å². The van der Waals surface area contributed by atoms with Crippen molar-refractivity contribution in [1.82, 2.24) is 19.7 Å². The SMILES string of the molecule is C[C@@]1(O)[C@H](O)[C@@H](CO)O[C@H]1n1nc(Br)c2c(NO)ncnc21. The minimum absolute atomic E-state index is 0.125. The van der Waals surface area contributed by atoms with Crippen LogP contribution < -0.4 is 5.48 Å². The molecule has 120 valence electrons. The second-order valence-corrected chi connectivity index (χ2v) is 5.90. The Morgan fingerprint density at radius 3 is 2.82 bits per heavy atom. The lowest BCUT2D eigenvalue weighted by molar-refractivity contribution is -0.100. The van der Waals surface area contributed by atoms with E-state index in [0.717, 1.165) is 0 Å². The van der Waals surface area contributed by atoms with Gasteiger partial charge in [-0.1, -0.05) is 0 Å². The number of rotatable bonds is 3. The maximum atomic E-state index is 10.5. The summed E-state index contributed by atoms with van der Waals surface area (Å²) in [6.07, 6.45) is -2.11. The van der Waals surface area contributed by atoms with Gasteiger partial charge in [-0.25, -0.2) is 14.6 Å². The zero-order valence-electron chi connectivity index (χ0n) is 11.4. The summed E-state index contributed by atoms with van der Waals surface area (Å²) in [6.45, 7) is 0.929. The summed E-state index contributed by atoms with van der Waals surface area (Å²) < 4.78 is 7.09. The molecule has 0 radical (unpaired) electrons. The van der Waals surface area contributed by atoms with Crippen LogP contribution in [0.2, 0.25) is 0 Å². The highest BCUT2D eigenvalue weighted by Crippen LogP contribution is 2.40. The Bertz CT molecular complexity index is 707. The predicted molar refractivity (Wildman–Crippen MR) is 76.1 cm³/mol. The van der Waals surface area contributed by atoms with Crippen LogP contribution in [0.5, 0.6) is 0 Å². The van der Waals surface area contributed by atoms with Crippen molar-refractivity contribution in [3.8, 4) is 0 Å². The van der Waals surface area contributed by atoms with Crippen LogP contribution in [-0.4, -0.2) is 64.7 Å². The third kappa shape index (κ3) is 2.09. The van der Waals surface area contributed by atoms with Gasteiger partial charge in [0.25, 0.3) is 0 Å². The van der Waals surface area contributed by atoms with Crippen molar-refractivity contribution < 1.29 is 25.3 Å². The quantitative estimate of drug-likeness (QED) is 0.443. The summed E-state index contributed by atoms with van der Waals surface area (Å²) in [5.41, 5.74) is 0.519. The first-order valence-electron chi connectivity index (χ1n) is 6.37. The van der Waals surface area contributed by atoms with Crippen molar-refractivity contribution in [2.45, 2.75) is 31.0 Å². The Kier molecular flexibility index (Phi) is 3.79. The third-order valence-electron chi connectivity index (χ3n) is 3.71. The average Bonchev–Trinajstić information content (AvgIpc) is 2.95. The van der Waals surface area contributed by atoms with E-state index in [0.29, 0.717) is 9.99 Å². The van der Waals surface area contributed by atoms with E-state index in [9.17, 15) is 15.3 Å². The molecule has 0 bridgehead atoms. The van der Waals surface area contributed by atoms with Crippen molar-refractivity contribution in [2.75, 3.05) is 12.1 Å². The molecule has 1 fully saturated rings. The first-order chi connectivity index (χ1) is 10.4. The number of anilines is 1. The van der Waals surface area contributed by atoms with E-state index in [4.69, 9.17) is 9.94 Å². The summed E-state index contributed by atoms with van der Waals surface area (Å²) >= 11 is 3.23. The molecule has 0 aliphatic carbocycles. The zero-order valence-corrected chi connectivity index (χ0v) is 13.0. The molecule has 11 heteroatoms. The molecular formula is C11H14BrN5O5. The lowest BCUT2D eigenvalue weighted by atomic mass is 9.97. The highest BCUT2D eigenvalue weighted by molar-refractivity contribution is 9.10. The molecule has 1 aliphatic heterocycles. The van der Waals surface area contributed by atoms with Gasteiger partial charge >= 0.3 is 0 Å². The summed E-state index contributed by atoms with van der Waals surface area (Å²) in [5, 5.41) is 43.5. The second kappa shape index (κ2) is 5.37. The lowest BCUT2D eigenvalue weighted by Crippen LogP contribution is -2.44. The molecule has 0 saturated carbocycles. The maximum absolute atomic E-state index is 10.5. The van der Waals surface area contributed by atoms with E-state index in [1.54, 1.807) is 0 Å². The molecule has 1 aliphatic rings. The number of hydrogen-bond acceptors (Lipinski definition) is 9. The molecule has 2 aromatic heterocycles. The van der Waals surface area contributed by atoms with Crippen molar-refractivity contribution >= 4 is 32.8 Å². The van der Waals surface area contributed by atoms with Gasteiger partial charge in [0.2, 0.25) is 0 Å². The van der Waals surface area contributed by atoms with E-state index in [-0.39, 0.29) is 11.5 Å². The number of ether oxygens (including phenoxy) is 1. The maximum Gasteiger partial charge on any atom is 0.183 e. The number of nitrogens with zero attached hydrogens (tertiary/aromatic N) is 4. The average molecular weight is 376 g/mol. The van der Waals surface area contributed by atoms with Crippen molar-refractivity contribution in [1.29, 1.82) is 0 Å². The lowest BCUT2D eigenvalue weighted by Gasteiger charge is -2.26. The highest BCUT2D eigenvalue weighted by Gasteiger charge is 2.53. The van der Waals surface area contributed by atoms with Gasteiger partial charge in [0.1, 0.15) is 28.7 Å². The number of aliphatic hydroxyl groups excluding tert-OH is 2. The molecule has 22 heavy (non-hydrogen) atoms. The molecule has 3 rings (SSSR count). The Labute approximate surface area is 132 Å². The van der Waals surface area contributed by atoms with Crippen LogP contribution in [0.4, 0.5) is 5.82 Å². The summed E-state index contributed by atoms with van der Waals surface area (Å²) in [7, 11) is 0. The topological polar surface area (TPSA) is 146 Å². The molecule has 0 unspecified atom stereocenters. The molecule has 10 nitrogen and oxygen atoms in total. The Hall–Kier alpha value is -1.37. The van der Waals surface area contributed by atoms with Gasteiger partial charge in [-0.05, 0) is 22.9 Å². The van der Waals surface area contributed by atoms with Crippen molar-refractivity contribution in [2.24, 2.45) is 0 Å². The van der Waals surface area contributed by atoms with E-state index in [2.05, 4.69) is 31.0 Å². The normalized spacial score (nSPS) is 31.8. The van der Waals surface area contributed by atoms with Crippen LogP contribution >= 0.6 is 15.9 Å². The molecule has 1 saturated heterocycles. The zero-order chi connectivity index (χ0) is 16.1. The van der Waals surface area contributed by atoms with Gasteiger partial charge in [0, 0.05) is 0 Å². The minimum Gasteiger partial charge on any atom is -0.394 e. The number of halogens is 1. The van der Waals surface area contributed by atoms with Crippen LogP contribution in [-0.2, 0) is 4.74 Å². The van der Waals surface area contributed by atoms with Crippen LogP contribution in [0, 0.1) is 0 Å². The Balaban J connectivity index is 2.15. The highest BCUT2D eigenvalue weighted by atomic mass is 79.9. The van der Waals surface area contributed by atoms with Crippen LogP contribution in [0.3, 0.4) is 0 Å². The molecule has 4 atom stereocenters. The van der Waals surface area contributed by atoms with Gasteiger partial charge in [-0.15, -0.1) is 0 Å². The number of hydrogen-bond donors (Lipinski definition) is 5. The first-order valence-corrected chi connectivity index (χ1v) is 7.16. The fraction of sp³-hybridized carbons (Fsp3) is 0.545. The van der Waals surface area contributed by atoms with Crippen molar-refractivity contribution in [3.05, 3.63) is 10.9 Å². The third-order valence-corrected chi connectivity index (χ3v) is 4.26. The minimum atomic E-state index is -1.69.